The van der Waals surface area contributed by atoms with Crippen LogP contribution in [0.25, 0.3) is 0 Å². The molecule has 0 unspecified atom stereocenters. The molecule has 0 amide bonds. The molecule has 2 N–H and O–H groups in total. The normalized spacial score (nSPS) is 28.1. The summed E-state index contributed by atoms with van der Waals surface area (Å²) in [5.74, 6) is -0.692. The molecule has 1 spiro atoms. The number of nitrogens with zero attached hydrogens (tertiary/aromatic N) is 3. The molecule has 1 saturated heterocycles. The molecule has 3 heterocycles. The zero-order valence-electron chi connectivity index (χ0n) is 24.2. The Bertz CT molecular complexity index is 1200. The number of methoxy groups -OCH3 is 1. The van der Waals surface area contributed by atoms with Gasteiger partial charge in [-0.15, -0.1) is 5.10 Å². The number of nitrogens with two attached hydrogens (primary N) is 1. The molecule has 38 heavy (non-hydrogen) atoms. The first-order valence-corrected chi connectivity index (χ1v) is 19.8. The standard InChI is InChI=1S/C23H42N4O8SSi2/c1-21(2,3)37(8,9)32-13-17-23(16(24)14-36(29,30)35-23)18(34-38(10,11)22(4,5)6)19(33-17)27-15(12-25-26-27)20(28)31-7/h12,14,17-19H,13,24H2,1-11H3/t17-,18+,19-,23-/m1/s1. The fourth-order valence-electron chi connectivity index (χ4n) is 3.87. The Hall–Kier alpha value is -1.63. The van der Waals surface area contributed by atoms with E-state index in [0.29, 0.717) is 0 Å². The van der Waals surface area contributed by atoms with E-state index in [4.69, 9.17) is 28.2 Å². The smallest absolute Gasteiger partial charge is 0.358 e. The summed E-state index contributed by atoms with van der Waals surface area (Å²) >= 11 is 0. The molecule has 216 valence electrons. The van der Waals surface area contributed by atoms with Crippen LogP contribution >= 0.6 is 0 Å². The summed E-state index contributed by atoms with van der Waals surface area (Å²) in [6, 6.07) is 0. The van der Waals surface area contributed by atoms with Gasteiger partial charge >= 0.3 is 5.97 Å². The predicted molar refractivity (Wildman–Crippen MR) is 145 cm³/mol. The number of aromatic nitrogens is 3. The van der Waals surface area contributed by atoms with Crippen molar-refractivity contribution < 1.29 is 35.7 Å². The third-order valence-corrected chi connectivity index (χ3v) is 18.3. The first kappa shape index (κ1) is 30.9. The summed E-state index contributed by atoms with van der Waals surface area (Å²) in [6.07, 6.45) is -1.97. The van der Waals surface area contributed by atoms with Gasteiger partial charge in [0, 0.05) is 0 Å². The molecular weight excluding hydrogens is 549 g/mol. The van der Waals surface area contributed by atoms with E-state index in [-0.39, 0.29) is 28.1 Å². The monoisotopic (exact) mass is 590 g/mol. The number of rotatable bonds is 7. The second-order valence-corrected chi connectivity index (χ2v) is 23.8. The molecule has 0 bridgehead atoms. The lowest BCUT2D eigenvalue weighted by Crippen LogP contribution is -2.59. The van der Waals surface area contributed by atoms with Gasteiger partial charge in [-0.2, -0.15) is 8.42 Å². The summed E-state index contributed by atoms with van der Waals surface area (Å²) in [4.78, 5) is 12.5. The van der Waals surface area contributed by atoms with Gasteiger partial charge in [0.1, 0.15) is 12.2 Å². The predicted octanol–water partition coefficient (Wildman–Crippen LogP) is 3.27. The van der Waals surface area contributed by atoms with Crippen LogP contribution < -0.4 is 5.73 Å². The Morgan fingerprint density at radius 1 is 1.13 bits per heavy atom. The van der Waals surface area contributed by atoms with E-state index in [1.807, 2.05) is 13.1 Å². The van der Waals surface area contributed by atoms with Crippen molar-refractivity contribution in [3.8, 4) is 0 Å². The van der Waals surface area contributed by atoms with Crippen molar-refractivity contribution in [3.63, 3.8) is 0 Å². The van der Waals surface area contributed by atoms with Crippen molar-refractivity contribution >= 4 is 32.7 Å². The number of esters is 1. The molecule has 2 aliphatic heterocycles. The first-order chi connectivity index (χ1) is 17.1. The molecule has 3 rings (SSSR count). The van der Waals surface area contributed by atoms with Gasteiger partial charge in [-0.05, 0) is 36.3 Å². The third kappa shape index (κ3) is 5.38. The lowest BCUT2D eigenvalue weighted by molar-refractivity contribution is -0.0605. The highest BCUT2D eigenvalue weighted by Crippen LogP contribution is 2.52. The third-order valence-electron chi connectivity index (χ3n) is 8.28. The van der Waals surface area contributed by atoms with Crippen LogP contribution in [0.15, 0.2) is 17.3 Å². The van der Waals surface area contributed by atoms with E-state index in [0.717, 1.165) is 5.41 Å². The van der Waals surface area contributed by atoms with Crippen LogP contribution in [0, 0.1) is 0 Å². The average Bonchev–Trinajstić information content (AvgIpc) is 3.40. The molecule has 12 nitrogen and oxygen atoms in total. The van der Waals surface area contributed by atoms with Crippen molar-refractivity contribution in [1.82, 2.24) is 15.0 Å². The van der Waals surface area contributed by atoms with Crippen LogP contribution in [0.2, 0.25) is 36.3 Å². The van der Waals surface area contributed by atoms with E-state index in [1.165, 1.54) is 18.0 Å². The van der Waals surface area contributed by atoms with Crippen LogP contribution in [0.3, 0.4) is 0 Å². The molecule has 1 aromatic rings. The van der Waals surface area contributed by atoms with Crippen molar-refractivity contribution in [3.05, 3.63) is 23.0 Å². The zero-order chi connectivity index (χ0) is 29.1. The van der Waals surface area contributed by atoms with Crippen LogP contribution in [0.1, 0.15) is 58.3 Å². The van der Waals surface area contributed by atoms with Crippen molar-refractivity contribution in [2.75, 3.05) is 13.7 Å². The highest BCUT2D eigenvalue weighted by Gasteiger charge is 2.67. The Balaban J connectivity index is 2.20. The van der Waals surface area contributed by atoms with Crippen molar-refractivity contribution in [2.24, 2.45) is 5.73 Å². The van der Waals surface area contributed by atoms with Crippen LogP contribution in [-0.4, -0.2) is 77.5 Å². The number of ether oxygens (including phenoxy) is 2. The number of carbonyl (C=O) groups excluding carboxylic acids is 1. The molecule has 0 radical (unpaired) electrons. The van der Waals surface area contributed by atoms with E-state index in [2.05, 4.69) is 64.9 Å². The Morgan fingerprint density at radius 3 is 2.18 bits per heavy atom. The number of hydrogen-bond donors (Lipinski definition) is 1. The van der Waals surface area contributed by atoms with Crippen LogP contribution in [-0.2, 0) is 32.6 Å². The summed E-state index contributed by atoms with van der Waals surface area (Å²) in [5.41, 5.74) is 4.65. The minimum atomic E-state index is -4.16. The Kier molecular flexibility index (Phi) is 7.95. The van der Waals surface area contributed by atoms with Gasteiger partial charge in [0.25, 0.3) is 10.1 Å². The minimum absolute atomic E-state index is 0.00542. The number of carbonyl (C=O) groups is 1. The summed E-state index contributed by atoms with van der Waals surface area (Å²) in [6.45, 7) is 20.6. The maximum absolute atomic E-state index is 12.8. The molecular formula is C23H42N4O8SSi2. The molecule has 1 aromatic heterocycles. The molecule has 0 aliphatic carbocycles. The summed E-state index contributed by atoms with van der Waals surface area (Å²) in [7, 11) is -7.84. The topological polar surface area (TPSA) is 154 Å². The lowest BCUT2D eigenvalue weighted by atomic mass is 9.89. The van der Waals surface area contributed by atoms with Gasteiger partial charge in [0.2, 0.25) is 0 Å². The number of hydrogen-bond acceptors (Lipinski definition) is 11. The zero-order valence-corrected chi connectivity index (χ0v) is 27.0. The van der Waals surface area contributed by atoms with E-state index in [9.17, 15) is 13.2 Å². The Labute approximate surface area is 227 Å². The summed E-state index contributed by atoms with van der Waals surface area (Å²) < 4.78 is 57.3. The largest absolute Gasteiger partial charge is 0.464 e. The lowest BCUT2D eigenvalue weighted by Gasteiger charge is -2.43. The fourth-order valence-corrected chi connectivity index (χ4v) is 7.38. The second kappa shape index (κ2) is 9.78. The van der Waals surface area contributed by atoms with Gasteiger partial charge in [0.05, 0.1) is 31.0 Å². The van der Waals surface area contributed by atoms with Gasteiger partial charge in [-0.3, -0.25) is 0 Å². The fraction of sp³-hybridized carbons (Fsp3) is 0.783. The molecule has 0 aromatic carbocycles. The maximum Gasteiger partial charge on any atom is 0.358 e. The molecule has 4 atom stereocenters. The maximum atomic E-state index is 12.8. The molecule has 15 heteroatoms. The van der Waals surface area contributed by atoms with E-state index < -0.39 is 56.8 Å². The van der Waals surface area contributed by atoms with Crippen molar-refractivity contribution in [2.45, 2.75) is 102 Å². The quantitative estimate of drug-likeness (QED) is 0.283. The molecule has 1 fully saturated rings. The second-order valence-electron chi connectivity index (χ2n) is 12.9. The average molecular weight is 591 g/mol. The van der Waals surface area contributed by atoms with E-state index >= 15 is 0 Å². The SMILES string of the molecule is COC(=O)c1cnnn1[C@@H]1O[C@H](CO[Si](C)(C)C(C)(C)C)[C@@]2(OS(=O)(=O)C=C2N)[C@H]1O[Si](C)(C)C(C)(C)C. The first-order valence-electron chi connectivity index (χ1n) is 12.5. The molecule has 0 saturated carbocycles. The minimum Gasteiger partial charge on any atom is -0.464 e. The summed E-state index contributed by atoms with van der Waals surface area (Å²) in [5, 5.41) is 8.47. The van der Waals surface area contributed by atoms with Gasteiger partial charge < -0.3 is 24.1 Å². The van der Waals surface area contributed by atoms with Crippen LogP contribution in [0.4, 0.5) is 0 Å². The van der Waals surface area contributed by atoms with Gasteiger partial charge in [-0.1, -0.05) is 46.8 Å². The van der Waals surface area contributed by atoms with Gasteiger partial charge in [0.15, 0.2) is 34.2 Å². The Morgan fingerprint density at radius 2 is 1.71 bits per heavy atom. The highest BCUT2D eigenvalue weighted by molar-refractivity contribution is 7.90. The molecule has 2 aliphatic rings. The van der Waals surface area contributed by atoms with Crippen molar-refractivity contribution in [1.29, 1.82) is 0 Å². The van der Waals surface area contributed by atoms with Gasteiger partial charge in [-0.25, -0.2) is 13.7 Å². The van der Waals surface area contributed by atoms with E-state index in [1.54, 1.807) is 0 Å². The van der Waals surface area contributed by atoms with Crippen LogP contribution in [0.5, 0.6) is 0 Å². The highest BCUT2D eigenvalue weighted by atomic mass is 32.2.